The van der Waals surface area contributed by atoms with E-state index in [4.69, 9.17) is 0 Å². The predicted octanol–water partition coefficient (Wildman–Crippen LogP) is 18.8. The van der Waals surface area contributed by atoms with Crippen LogP contribution in [0, 0.1) is 67.2 Å². The number of halogens is 2. The Morgan fingerprint density at radius 1 is 0.424 bits per heavy atom. The van der Waals surface area contributed by atoms with Crippen LogP contribution in [-0.2, 0) is 15.6 Å². The molecular formula is C62H69Cl2SiZr. The average Bonchev–Trinajstić information content (AvgIpc) is 3.79. The van der Waals surface area contributed by atoms with Gasteiger partial charge >= 0.3 is 409 Å². The standard InChI is InChI=1S/2C30H31.C2H7Si.2ClH.Zr/c2*1-19-10-20(2)13-25(12-19)27-8-9-28(26-14-21(3)11-22(4)15-26)30-18-24(17-29(27)30)16-23-6-5-7-23;1-3-2;;;/h2*8-15,17-18,23H,5-7,16H2,1-4H3;3H,1-2H3;2*1H;/q;;;;;+2/p-2. The fourth-order valence-corrected chi connectivity index (χ4v) is 44.2. The van der Waals surface area contributed by atoms with E-state index in [1.165, 1.54) is 161 Å². The second-order valence-electron chi connectivity index (χ2n) is 22.2. The van der Waals surface area contributed by atoms with E-state index in [-0.39, 0.29) is 7.25 Å². The first-order valence-corrected chi connectivity index (χ1v) is 41.4. The van der Waals surface area contributed by atoms with Gasteiger partial charge in [0.25, 0.3) is 0 Å². The summed E-state index contributed by atoms with van der Waals surface area (Å²) >= 11 is -5.40. The van der Waals surface area contributed by atoms with Gasteiger partial charge in [0, 0.05) is 0 Å². The van der Waals surface area contributed by atoms with Crippen LogP contribution in [0.3, 0.4) is 0 Å². The van der Waals surface area contributed by atoms with Crippen molar-refractivity contribution in [2.45, 2.75) is 127 Å². The Kier molecular flexibility index (Phi) is 12.2. The SMILES string of the molecule is Cc1cc(C)cc(-c2ccc(-c3cc(C)cc(C)c3)c3c2C=C(CC2CCC2)[CH]3[Zr]([Cl])([Cl])([CH]2C(CC3CCC3)=Cc3c(-c4cc(C)cc(C)c4)ccc(-c4cc(C)cc(C)c4)c32)[SiH](C)C)c1. The number of hydrogen-bond donors (Lipinski definition) is 0. The van der Waals surface area contributed by atoms with Crippen LogP contribution >= 0.6 is 17.0 Å². The van der Waals surface area contributed by atoms with Crippen LogP contribution in [-0.4, -0.2) is 5.92 Å². The summed E-state index contributed by atoms with van der Waals surface area (Å²) in [6.45, 7) is 23.1. The number of hydrogen-bond acceptors (Lipinski definition) is 0. The second kappa shape index (κ2) is 17.5. The molecule has 0 nitrogen and oxygen atoms in total. The van der Waals surface area contributed by atoms with Crippen LogP contribution in [0.25, 0.3) is 56.7 Å². The van der Waals surface area contributed by atoms with Crippen molar-refractivity contribution in [1.82, 2.24) is 0 Å². The molecule has 0 bridgehead atoms. The molecule has 2 atom stereocenters. The maximum absolute atomic E-state index is 9.57. The molecule has 4 heteroatoms. The topological polar surface area (TPSA) is 0 Å². The molecule has 0 radical (unpaired) electrons. The van der Waals surface area contributed by atoms with E-state index in [9.17, 15) is 17.0 Å². The fraction of sp³-hybridized carbons (Fsp3) is 0.355. The molecule has 339 valence electrons. The third kappa shape index (κ3) is 8.11. The minimum atomic E-state index is -5.40. The molecule has 6 aromatic carbocycles. The molecule has 2 fully saturated rings. The average molecular weight is 1000 g/mol. The van der Waals surface area contributed by atoms with Crippen molar-refractivity contribution in [2.24, 2.45) is 11.8 Å². The van der Waals surface area contributed by atoms with Gasteiger partial charge in [-0.25, -0.2) is 0 Å². The van der Waals surface area contributed by atoms with Crippen LogP contribution in [0.2, 0.25) is 13.1 Å². The summed E-state index contributed by atoms with van der Waals surface area (Å²) < 4.78 is -0.00663. The Morgan fingerprint density at radius 2 is 0.697 bits per heavy atom. The summed E-state index contributed by atoms with van der Waals surface area (Å²) in [5.74, 6) is -0.564. The maximum atomic E-state index is 9.57. The molecule has 0 N–H and O–H groups in total. The molecule has 0 aliphatic heterocycles. The van der Waals surface area contributed by atoms with Crippen LogP contribution in [0.5, 0.6) is 0 Å². The Balaban J connectivity index is 1.32. The van der Waals surface area contributed by atoms with Gasteiger partial charge in [-0.05, 0) is 0 Å². The minimum absolute atomic E-state index is 0.00331. The summed E-state index contributed by atoms with van der Waals surface area (Å²) in [4.78, 5) is 0. The number of aryl methyl sites for hydroxylation is 8. The summed E-state index contributed by atoms with van der Waals surface area (Å²) in [6, 6.07) is 38.3. The van der Waals surface area contributed by atoms with Gasteiger partial charge in [-0.15, -0.1) is 0 Å². The first-order valence-electron chi connectivity index (χ1n) is 25.1. The van der Waals surface area contributed by atoms with Crippen molar-refractivity contribution in [2.75, 3.05) is 0 Å². The molecule has 6 aromatic rings. The quantitative estimate of drug-likeness (QED) is 0.114. The van der Waals surface area contributed by atoms with Gasteiger partial charge in [0.15, 0.2) is 0 Å². The molecule has 0 amide bonds. The van der Waals surface area contributed by atoms with E-state index in [2.05, 4.69) is 178 Å². The first kappa shape index (κ1) is 46.2. The first-order chi connectivity index (χ1) is 31.4. The zero-order chi connectivity index (χ0) is 46.4. The van der Waals surface area contributed by atoms with Gasteiger partial charge in [-0.1, -0.05) is 0 Å². The van der Waals surface area contributed by atoms with Gasteiger partial charge in [-0.2, -0.15) is 0 Å². The number of allylic oxidation sites excluding steroid dienone is 2. The summed E-state index contributed by atoms with van der Waals surface area (Å²) in [7, 11) is 19.1. The van der Waals surface area contributed by atoms with Gasteiger partial charge in [0.2, 0.25) is 0 Å². The van der Waals surface area contributed by atoms with Gasteiger partial charge in [-0.3, -0.25) is 0 Å². The Labute approximate surface area is 405 Å². The number of fused-ring (bicyclic) bond motifs is 2. The normalized spacial score (nSPS) is 18.9. The van der Waals surface area contributed by atoms with E-state index in [0.29, 0.717) is 11.8 Å². The molecule has 4 aliphatic rings. The van der Waals surface area contributed by atoms with E-state index in [0.717, 1.165) is 12.8 Å². The third-order valence-electron chi connectivity index (χ3n) is 16.4. The van der Waals surface area contributed by atoms with Crippen molar-refractivity contribution < 1.29 is 15.6 Å². The third-order valence-corrected chi connectivity index (χ3v) is 68.1. The Bertz CT molecular complexity index is 2730. The zero-order valence-electron chi connectivity index (χ0n) is 41.2. The number of rotatable bonds is 11. The summed E-state index contributed by atoms with van der Waals surface area (Å²) in [5.41, 5.74) is 29.5. The zero-order valence-corrected chi connectivity index (χ0v) is 46.3. The van der Waals surface area contributed by atoms with Crippen LogP contribution in [0.15, 0.2) is 108 Å². The molecule has 0 saturated heterocycles. The van der Waals surface area contributed by atoms with Crippen molar-refractivity contribution >= 4 is 35.1 Å². The van der Waals surface area contributed by atoms with Crippen LogP contribution < -0.4 is 0 Å². The molecule has 10 rings (SSSR count). The van der Waals surface area contributed by atoms with Gasteiger partial charge in [0.1, 0.15) is 0 Å². The van der Waals surface area contributed by atoms with Crippen molar-refractivity contribution in [3.63, 3.8) is 0 Å². The van der Waals surface area contributed by atoms with Crippen molar-refractivity contribution in [1.29, 1.82) is 0 Å². The number of benzene rings is 6. The van der Waals surface area contributed by atoms with E-state index >= 15 is 0 Å². The van der Waals surface area contributed by atoms with Crippen LogP contribution in [0.4, 0.5) is 0 Å². The van der Waals surface area contributed by atoms with Crippen molar-refractivity contribution in [3.8, 4) is 44.5 Å². The van der Waals surface area contributed by atoms with Crippen molar-refractivity contribution in [3.05, 3.63) is 175 Å². The van der Waals surface area contributed by atoms with Crippen LogP contribution in [0.1, 0.15) is 125 Å². The van der Waals surface area contributed by atoms with Gasteiger partial charge in [0.05, 0.1) is 0 Å². The molecule has 0 heterocycles. The Hall–Kier alpha value is -3.52. The van der Waals surface area contributed by atoms with E-state index in [1.807, 2.05) is 0 Å². The molecule has 0 aromatic heterocycles. The monoisotopic (exact) mass is 1000 g/mol. The van der Waals surface area contributed by atoms with E-state index < -0.39 is 21.5 Å². The molecule has 4 aliphatic carbocycles. The molecule has 66 heavy (non-hydrogen) atoms. The second-order valence-corrected chi connectivity index (χ2v) is 64.7. The molecule has 2 saturated carbocycles. The fourth-order valence-electron chi connectivity index (χ4n) is 13.1. The predicted molar refractivity (Wildman–Crippen MR) is 288 cm³/mol. The molecular weight excluding hydrogens is 935 g/mol. The summed E-state index contributed by atoms with van der Waals surface area (Å²) in [6.07, 6.45) is 15.3. The van der Waals surface area contributed by atoms with E-state index in [1.54, 1.807) is 0 Å². The molecule has 2 unspecified atom stereocenters. The Morgan fingerprint density at radius 3 is 0.955 bits per heavy atom. The molecule has 0 spiro atoms. The van der Waals surface area contributed by atoms with Gasteiger partial charge < -0.3 is 0 Å². The summed E-state index contributed by atoms with van der Waals surface area (Å²) in [5, 5.41) is 0.